The fourth-order valence-corrected chi connectivity index (χ4v) is 1.66. The van der Waals surface area contributed by atoms with Gasteiger partial charge in [-0.05, 0) is 19.1 Å². The molecule has 17 heavy (non-hydrogen) atoms. The van der Waals surface area contributed by atoms with E-state index in [2.05, 4.69) is 24.1 Å². The van der Waals surface area contributed by atoms with E-state index >= 15 is 0 Å². The van der Waals surface area contributed by atoms with Gasteiger partial charge >= 0.3 is 0 Å². The van der Waals surface area contributed by atoms with Crippen molar-refractivity contribution in [2.75, 3.05) is 0 Å². The molecule has 1 atom stereocenters. The zero-order valence-corrected chi connectivity index (χ0v) is 10.3. The Balaban J connectivity index is 1.77. The van der Waals surface area contributed by atoms with E-state index in [4.69, 9.17) is 8.83 Å². The quantitative estimate of drug-likeness (QED) is 0.834. The Kier molecular flexibility index (Phi) is 3.98. The summed E-state index contributed by atoms with van der Waals surface area (Å²) in [4.78, 5) is 4.20. The lowest BCUT2D eigenvalue weighted by atomic mass is 10.2. The highest BCUT2D eigenvalue weighted by Crippen LogP contribution is 2.06. The summed E-state index contributed by atoms with van der Waals surface area (Å²) in [6.45, 7) is 4.82. The molecule has 0 aliphatic heterocycles. The summed E-state index contributed by atoms with van der Waals surface area (Å²) in [5.41, 5.74) is 0. The molecule has 1 N–H and O–H groups in total. The molecule has 0 saturated carbocycles. The van der Waals surface area contributed by atoms with Gasteiger partial charge in [0.15, 0.2) is 0 Å². The van der Waals surface area contributed by atoms with Crippen LogP contribution in [-0.4, -0.2) is 11.0 Å². The highest BCUT2D eigenvalue weighted by atomic mass is 16.4. The van der Waals surface area contributed by atoms with Crippen LogP contribution in [0, 0.1) is 0 Å². The molecule has 2 rings (SSSR count). The van der Waals surface area contributed by atoms with Crippen molar-refractivity contribution in [3.8, 4) is 0 Å². The van der Waals surface area contributed by atoms with Gasteiger partial charge < -0.3 is 14.2 Å². The predicted octanol–water partition coefficient (Wildman–Crippen LogP) is 2.55. The molecule has 0 aromatic carbocycles. The van der Waals surface area contributed by atoms with Crippen LogP contribution in [0.1, 0.15) is 31.3 Å². The molecule has 0 fully saturated rings. The Morgan fingerprint density at radius 3 is 2.94 bits per heavy atom. The summed E-state index contributed by atoms with van der Waals surface area (Å²) in [7, 11) is 0. The molecular formula is C13H18N2O2. The van der Waals surface area contributed by atoms with Crippen LogP contribution >= 0.6 is 0 Å². The van der Waals surface area contributed by atoms with E-state index in [1.165, 1.54) is 0 Å². The second-order valence-corrected chi connectivity index (χ2v) is 4.14. The lowest BCUT2D eigenvalue weighted by Crippen LogP contribution is -2.27. The maximum atomic E-state index is 5.52. The number of rotatable bonds is 6. The molecule has 1 unspecified atom stereocenters. The largest absolute Gasteiger partial charge is 0.469 e. The summed E-state index contributed by atoms with van der Waals surface area (Å²) < 4.78 is 10.8. The standard InChI is InChI=1S/C13H18N2O2/c1-3-11-8-15-13(17-11)9-14-10(2)7-12-5-4-6-16-12/h4-6,8,10,14H,3,7,9H2,1-2H3. The summed E-state index contributed by atoms with van der Waals surface area (Å²) >= 11 is 0. The van der Waals surface area contributed by atoms with Crippen molar-refractivity contribution in [1.82, 2.24) is 10.3 Å². The zero-order chi connectivity index (χ0) is 12.1. The summed E-state index contributed by atoms with van der Waals surface area (Å²) in [6.07, 6.45) is 5.24. The third-order valence-electron chi connectivity index (χ3n) is 2.64. The van der Waals surface area contributed by atoms with Crippen molar-refractivity contribution >= 4 is 0 Å². The molecule has 2 aromatic heterocycles. The molecule has 2 heterocycles. The van der Waals surface area contributed by atoms with Gasteiger partial charge in [-0.1, -0.05) is 6.92 Å². The average Bonchev–Trinajstić information content (AvgIpc) is 2.96. The first kappa shape index (κ1) is 11.9. The zero-order valence-electron chi connectivity index (χ0n) is 10.3. The van der Waals surface area contributed by atoms with Crippen molar-refractivity contribution in [1.29, 1.82) is 0 Å². The first-order valence-corrected chi connectivity index (χ1v) is 5.97. The maximum absolute atomic E-state index is 5.52. The van der Waals surface area contributed by atoms with Gasteiger partial charge in [0.25, 0.3) is 0 Å². The Labute approximate surface area is 101 Å². The summed E-state index contributed by atoms with van der Waals surface area (Å²) in [6, 6.07) is 4.22. The number of nitrogens with zero attached hydrogens (tertiary/aromatic N) is 1. The third kappa shape index (κ3) is 3.46. The fourth-order valence-electron chi connectivity index (χ4n) is 1.66. The van der Waals surface area contributed by atoms with Gasteiger partial charge in [0.1, 0.15) is 11.5 Å². The number of aryl methyl sites for hydroxylation is 1. The van der Waals surface area contributed by atoms with Crippen molar-refractivity contribution in [3.05, 3.63) is 42.0 Å². The Bertz CT molecular complexity index is 434. The normalized spacial score (nSPS) is 12.8. The van der Waals surface area contributed by atoms with Crippen LogP contribution in [0.3, 0.4) is 0 Å². The van der Waals surface area contributed by atoms with Crippen molar-refractivity contribution < 1.29 is 8.83 Å². The second-order valence-electron chi connectivity index (χ2n) is 4.14. The van der Waals surface area contributed by atoms with E-state index in [0.717, 1.165) is 30.3 Å². The fraction of sp³-hybridized carbons (Fsp3) is 0.462. The molecule has 0 aliphatic rings. The lowest BCUT2D eigenvalue weighted by Gasteiger charge is -2.10. The molecule has 0 amide bonds. The van der Waals surface area contributed by atoms with Crippen LogP contribution in [-0.2, 0) is 19.4 Å². The molecule has 92 valence electrons. The number of furan rings is 1. The van der Waals surface area contributed by atoms with Crippen molar-refractivity contribution in [2.24, 2.45) is 0 Å². The lowest BCUT2D eigenvalue weighted by molar-refractivity contribution is 0.406. The minimum absolute atomic E-state index is 0.332. The molecule has 4 nitrogen and oxygen atoms in total. The summed E-state index contributed by atoms with van der Waals surface area (Å²) in [5.74, 6) is 2.67. The number of hydrogen-bond acceptors (Lipinski definition) is 4. The first-order valence-electron chi connectivity index (χ1n) is 5.97. The van der Waals surface area contributed by atoms with Crippen LogP contribution in [0.15, 0.2) is 33.4 Å². The smallest absolute Gasteiger partial charge is 0.208 e. The Morgan fingerprint density at radius 1 is 1.41 bits per heavy atom. The molecule has 0 bridgehead atoms. The first-order chi connectivity index (χ1) is 8.28. The molecule has 0 spiro atoms. The van der Waals surface area contributed by atoms with Crippen molar-refractivity contribution in [3.63, 3.8) is 0 Å². The second kappa shape index (κ2) is 5.68. The number of nitrogens with one attached hydrogen (secondary N) is 1. The van der Waals surface area contributed by atoms with Crippen LogP contribution < -0.4 is 5.32 Å². The number of aromatic nitrogens is 1. The van der Waals surface area contributed by atoms with Crippen molar-refractivity contribution in [2.45, 2.75) is 39.3 Å². The van der Waals surface area contributed by atoms with Crippen LogP contribution in [0.5, 0.6) is 0 Å². The monoisotopic (exact) mass is 234 g/mol. The third-order valence-corrected chi connectivity index (χ3v) is 2.64. The topological polar surface area (TPSA) is 51.2 Å². The average molecular weight is 234 g/mol. The predicted molar refractivity (Wildman–Crippen MR) is 64.6 cm³/mol. The Hall–Kier alpha value is -1.55. The van der Waals surface area contributed by atoms with Gasteiger partial charge in [-0.15, -0.1) is 0 Å². The van der Waals surface area contributed by atoms with Gasteiger partial charge in [-0.2, -0.15) is 0 Å². The van der Waals surface area contributed by atoms with E-state index in [1.807, 2.05) is 12.1 Å². The molecular weight excluding hydrogens is 216 g/mol. The number of oxazole rings is 1. The number of hydrogen-bond donors (Lipinski definition) is 1. The van der Waals surface area contributed by atoms with E-state index in [9.17, 15) is 0 Å². The molecule has 0 aliphatic carbocycles. The van der Waals surface area contributed by atoms with Crippen LogP contribution in [0.2, 0.25) is 0 Å². The SMILES string of the molecule is CCc1cnc(CNC(C)Cc2ccco2)o1. The van der Waals surface area contributed by atoms with Crippen LogP contribution in [0.4, 0.5) is 0 Å². The van der Waals surface area contributed by atoms with E-state index in [1.54, 1.807) is 12.5 Å². The van der Waals surface area contributed by atoms with E-state index in [-0.39, 0.29) is 0 Å². The minimum atomic E-state index is 0.332. The van der Waals surface area contributed by atoms with Gasteiger partial charge in [0, 0.05) is 18.9 Å². The maximum Gasteiger partial charge on any atom is 0.208 e. The van der Waals surface area contributed by atoms with E-state index in [0.29, 0.717) is 12.6 Å². The summed E-state index contributed by atoms with van der Waals surface area (Å²) in [5, 5.41) is 3.36. The van der Waals surface area contributed by atoms with Crippen LogP contribution in [0.25, 0.3) is 0 Å². The molecule has 2 aromatic rings. The molecule has 0 saturated heterocycles. The highest BCUT2D eigenvalue weighted by molar-refractivity contribution is 5.00. The van der Waals surface area contributed by atoms with Gasteiger partial charge in [0.2, 0.25) is 5.89 Å². The minimum Gasteiger partial charge on any atom is -0.469 e. The van der Waals surface area contributed by atoms with Gasteiger partial charge in [0.05, 0.1) is 19.0 Å². The van der Waals surface area contributed by atoms with E-state index < -0.39 is 0 Å². The molecule has 0 radical (unpaired) electrons. The Morgan fingerprint density at radius 2 is 2.29 bits per heavy atom. The highest BCUT2D eigenvalue weighted by Gasteiger charge is 2.07. The molecule has 4 heteroatoms. The van der Waals surface area contributed by atoms with Gasteiger partial charge in [-0.3, -0.25) is 0 Å². The van der Waals surface area contributed by atoms with Gasteiger partial charge in [-0.25, -0.2) is 4.98 Å².